The largest absolute Gasteiger partial charge is 0.495 e. The first-order chi connectivity index (χ1) is 15.7. The number of benzene rings is 2. The molecular formula is C22H21N3O6S2. The molecular weight excluding hydrogens is 466 g/mol. The van der Waals surface area contributed by atoms with Crippen molar-refractivity contribution in [3.05, 3.63) is 93.2 Å². The number of hydrogen-bond donors (Lipinski definition) is 1. The molecule has 1 aromatic heterocycles. The molecule has 3 rings (SSSR count). The summed E-state index contributed by atoms with van der Waals surface area (Å²) in [6.07, 6.45) is 1.63. The van der Waals surface area contributed by atoms with E-state index >= 15 is 0 Å². The molecule has 11 heteroatoms. The van der Waals surface area contributed by atoms with Gasteiger partial charge in [0.05, 0.1) is 29.2 Å². The number of nitro groups is 1. The summed E-state index contributed by atoms with van der Waals surface area (Å²) in [6, 6.07) is 12.9. The summed E-state index contributed by atoms with van der Waals surface area (Å²) in [5, 5.41) is 13.0. The van der Waals surface area contributed by atoms with Crippen LogP contribution >= 0.6 is 11.3 Å². The number of non-ortho nitro benzene ring substituents is 1. The van der Waals surface area contributed by atoms with E-state index in [4.69, 9.17) is 4.74 Å². The lowest BCUT2D eigenvalue weighted by Crippen LogP contribution is -2.30. The van der Waals surface area contributed by atoms with Gasteiger partial charge in [-0.25, -0.2) is 8.42 Å². The number of anilines is 1. The quantitative estimate of drug-likeness (QED) is 0.259. The van der Waals surface area contributed by atoms with Crippen molar-refractivity contribution < 1.29 is 22.9 Å². The first-order valence-electron chi connectivity index (χ1n) is 9.63. The van der Waals surface area contributed by atoms with Gasteiger partial charge in [-0.15, -0.1) is 17.9 Å². The number of nitro benzene ring substituents is 1. The highest BCUT2D eigenvalue weighted by molar-refractivity contribution is 7.92. The van der Waals surface area contributed by atoms with Gasteiger partial charge >= 0.3 is 0 Å². The molecule has 0 radical (unpaired) electrons. The maximum Gasteiger partial charge on any atom is 0.271 e. The molecule has 1 amide bonds. The summed E-state index contributed by atoms with van der Waals surface area (Å²) in [5.74, 6) is -0.134. The molecule has 1 heterocycles. The number of sulfonamides is 1. The Balaban J connectivity index is 1.82. The minimum atomic E-state index is -4.09. The fraction of sp³-hybridized carbons (Fsp3) is 0.136. The number of ether oxygens (including phenoxy) is 1. The van der Waals surface area contributed by atoms with Crippen molar-refractivity contribution in [3.8, 4) is 5.75 Å². The zero-order chi connectivity index (χ0) is 24.0. The van der Waals surface area contributed by atoms with E-state index in [0.717, 1.165) is 10.9 Å². The Hall–Kier alpha value is -3.70. The average Bonchev–Trinajstić information content (AvgIpc) is 3.31. The normalized spacial score (nSPS) is 10.9. The van der Waals surface area contributed by atoms with E-state index in [2.05, 4.69) is 11.3 Å². The van der Waals surface area contributed by atoms with E-state index in [0.29, 0.717) is 18.7 Å². The summed E-state index contributed by atoms with van der Waals surface area (Å²) in [6.45, 7) is 4.44. The molecule has 2 aromatic carbocycles. The Morgan fingerprint density at radius 1 is 1.24 bits per heavy atom. The Kier molecular flexibility index (Phi) is 7.46. The van der Waals surface area contributed by atoms with Gasteiger partial charge in [0.25, 0.3) is 21.6 Å². The van der Waals surface area contributed by atoms with Crippen LogP contribution in [-0.2, 0) is 16.6 Å². The third kappa shape index (κ3) is 5.76. The molecule has 0 fully saturated rings. The van der Waals surface area contributed by atoms with Crippen molar-refractivity contribution in [2.24, 2.45) is 0 Å². The van der Waals surface area contributed by atoms with Crippen LogP contribution in [0.15, 0.2) is 77.5 Å². The molecule has 0 aliphatic heterocycles. The molecule has 0 spiro atoms. The number of hydrogen-bond acceptors (Lipinski definition) is 7. The van der Waals surface area contributed by atoms with E-state index in [1.54, 1.807) is 11.0 Å². The van der Waals surface area contributed by atoms with Gasteiger partial charge in [-0.2, -0.15) is 0 Å². The zero-order valence-corrected chi connectivity index (χ0v) is 19.3. The van der Waals surface area contributed by atoms with Gasteiger partial charge in [0.15, 0.2) is 0 Å². The van der Waals surface area contributed by atoms with Gasteiger partial charge in [0.1, 0.15) is 5.75 Å². The number of rotatable bonds is 10. The Labute approximate surface area is 195 Å². The standard InChI is InChI=1S/C22H21N3O6S2/c1-3-12-24(15-18-5-4-13-32-18)22(26)16-6-9-19(10-7-16)33(29,30)23-20-14-17(25(27)28)8-11-21(20)31-2/h3-11,13-14,23H,1,12,15H2,2H3. The predicted molar refractivity (Wildman–Crippen MR) is 126 cm³/mol. The monoisotopic (exact) mass is 487 g/mol. The lowest BCUT2D eigenvalue weighted by atomic mass is 10.2. The molecule has 0 bridgehead atoms. The topological polar surface area (TPSA) is 119 Å². The summed E-state index contributed by atoms with van der Waals surface area (Å²) >= 11 is 1.53. The molecule has 0 aliphatic carbocycles. The van der Waals surface area contributed by atoms with Crippen molar-refractivity contribution in [2.45, 2.75) is 11.4 Å². The maximum absolute atomic E-state index is 12.9. The van der Waals surface area contributed by atoms with Crippen molar-refractivity contribution in [3.63, 3.8) is 0 Å². The van der Waals surface area contributed by atoms with E-state index in [-0.39, 0.29) is 27.9 Å². The second-order valence-electron chi connectivity index (χ2n) is 6.83. The fourth-order valence-electron chi connectivity index (χ4n) is 3.02. The second-order valence-corrected chi connectivity index (χ2v) is 9.54. The third-order valence-corrected chi connectivity index (χ3v) is 6.86. The second kappa shape index (κ2) is 10.3. The van der Waals surface area contributed by atoms with Gasteiger partial charge < -0.3 is 9.64 Å². The highest BCUT2D eigenvalue weighted by Gasteiger charge is 2.21. The van der Waals surface area contributed by atoms with Crippen LogP contribution in [0, 0.1) is 10.1 Å². The number of carbonyl (C=O) groups is 1. The summed E-state index contributed by atoms with van der Waals surface area (Å²) in [5.41, 5.74) is -0.0391. The highest BCUT2D eigenvalue weighted by atomic mass is 32.2. The molecule has 3 aromatic rings. The number of nitrogens with zero attached hydrogens (tertiary/aromatic N) is 2. The van der Waals surface area contributed by atoms with Crippen LogP contribution in [0.25, 0.3) is 0 Å². The van der Waals surface area contributed by atoms with Crippen LogP contribution in [0.5, 0.6) is 5.75 Å². The summed E-state index contributed by atoms with van der Waals surface area (Å²) in [4.78, 5) is 25.8. The number of nitrogens with one attached hydrogen (secondary N) is 1. The Morgan fingerprint density at radius 3 is 2.55 bits per heavy atom. The number of methoxy groups -OCH3 is 1. The average molecular weight is 488 g/mol. The first kappa shape index (κ1) is 24.0. The van der Waals surface area contributed by atoms with Crippen molar-refractivity contribution in [1.82, 2.24) is 4.90 Å². The fourth-order valence-corrected chi connectivity index (χ4v) is 4.80. The molecule has 9 nitrogen and oxygen atoms in total. The highest BCUT2D eigenvalue weighted by Crippen LogP contribution is 2.31. The van der Waals surface area contributed by atoms with Gasteiger partial charge in [-0.1, -0.05) is 12.1 Å². The van der Waals surface area contributed by atoms with E-state index in [1.165, 1.54) is 54.8 Å². The number of amides is 1. The minimum Gasteiger partial charge on any atom is -0.495 e. The van der Waals surface area contributed by atoms with E-state index in [9.17, 15) is 23.3 Å². The Bertz CT molecular complexity index is 1260. The van der Waals surface area contributed by atoms with E-state index in [1.807, 2.05) is 17.5 Å². The van der Waals surface area contributed by atoms with Crippen LogP contribution in [-0.4, -0.2) is 37.8 Å². The zero-order valence-electron chi connectivity index (χ0n) is 17.6. The molecule has 33 heavy (non-hydrogen) atoms. The summed E-state index contributed by atoms with van der Waals surface area (Å²) < 4.78 is 33.1. The lowest BCUT2D eigenvalue weighted by Gasteiger charge is -2.20. The number of thiophene rings is 1. The van der Waals surface area contributed by atoms with Crippen LogP contribution in [0.1, 0.15) is 15.2 Å². The van der Waals surface area contributed by atoms with Gasteiger partial charge in [0.2, 0.25) is 0 Å². The van der Waals surface area contributed by atoms with Gasteiger partial charge in [-0.05, 0) is 41.8 Å². The minimum absolute atomic E-state index is 0.0695. The predicted octanol–water partition coefficient (Wildman–Crippen LogP) is 4.29. The summed E-state index contributed by atoms with van der Waals surface area (Å²) in [7, 11) is -2.77. The molecule has 0 saturated heterocycles. The first-order valence-corrected chi connectivity index (χ1v) is 12.0. The lowest BCUT2D eigenvalue weighted by molar-refractivity contribution is -0.384. The van der Waals surface area contributed by atoms with Crippen molar-refractivity contribution in [2.75, 3.05) is 18.4 Å². The van der Waals surface area contributed by atoms with Crippen molar-refractivity contribution >= 4 is 38.6 Å². The SMILES string of the molecule is C=CCN(Cc1cccs1)C(=O)c1ccc(S(=O)(=O)Nc2cc([N+](=O)[O-])ccc2OC)cc1. The third-order valence-electron chi connectivity index (χ3n) is 4.61. The molecule has 0 saturated carbocycles. The molecule has 172 valence electrons. The van der Waals surface area contributed by atoms with Crippen LogP contribution in [0.3, 0.4) is 0 Å². The van der Waals surface area contributed by atoms with Gasteiger partial charge in [-0.3, -0.25) is 19.6 Å². The maximum atomic E-state index is 12.9. The molecule has 1 N–H and O–H groups in total. The van der Waals surface area contributed by atoms with Crippen LogP contribution < -0.4 is 9.46 Å². The number of carbonyl (C=O) groups excluding carboxylic acids is 1. The molecule has 0 aliphatic rings. The van der Waals surface area contributed by atoms with Crippen LogP contribution in [0.4, 0.5) is 11.4 Å². The van der Waals surface area contributed by atoms with E-state index < -0.39 is 14.9 Å². The van der Waals surface area contributed by atoms with Crippen molar-refractivity contribution in [1.29, 1.82) is 0 Å². The smallest absolute Gasteiger partial charge is 0.271 e. The molecule has 0 unspecified atom stereocenters. The molecule has 0 atom stereocenters. The van der Waals surface area contributed by atoms with Gasteiger partial charge in [0, 0.05) is 29.1 Å². The Morgan fingerprint density at radius 2 is 1.97 bits per heavy atom. The van der Waals surface area contributed by atoms with Crippen LogP contribution in [0.2, 0.25) is 0 Å².